The molecule has 0 unspecified atom stereocenters. The van der Waals surface area contributed by atoms with Crippen molar-refractivity contribution in [3.63, 3.8) is 0 Å². The second kappa shape index (κ2) is 4.99. The molecule has 0 aliphatic heterocycles. The van der Waals surface area contributed by atoms with E-state index in [9.17, 15) is 14.0 Å². The third-order valence-corrected chi connectivity index (χ3v) is 3.83. The molecular weight excluding hydrogens is 306 g/mol. The minimum atomic E-state index is -2.55. The predicted octanol–water partition coefficient (Wildman–Crippen LogP) is 3.27. The van der Waals surface area contributed by atoms with E-state index in [1.54, 1.807) is 19.1 Å². The van der Waals surface area contributed by atoms with Crippen molar-refractivity contribution in [2.24, 2.45) is 4.99 Å². The van der Waals surface area contributed by atoms with E-state index >= 15 is 0 Å². The molecule has 2 rings (SSSR count). The van der Waals surface area contributed by atoms with Crippen LogP contribution in [0, 0.1) is 6.92 Å². The van der Waals surface area contributed by atoms with Crippen LogP contribution in [0.5, 0.6) is 0 Å². The molecule has 0 amide bonds. The number of hydrogen-bond acceptors (Lipinski definition) is 2. The van der Waals surface area contributed by atoms with E-state index in [-0.39, 0.29) is 18.9 Å². The topological polar surface area (TPSA) is 37.5 Å². The highest BCUT2D eigenvalue weighted by Gasteiger charge is 2.34. The zero-order valence-electron chi connectivity index (χ0n) is 10.0. The number of alkyl halides is 2. The predicted molar refractivity (Wildman–Crippen MR) is 66.8 cm³/mol. The van der Waals surface area contributed by atoms with Crippen LogP contribution in [0.2, 0.25) is 0 Å². The maximum atomic E-state index is 13.0. The Morgan fingerprint density at radius 3 is 2.61 bits per heavy atom. The fraction of sp³-hybridized carbons (Fsp3) is 0.583. The maximum Gasteiger partial charge on any atom is 0.248 e. The Morgan fingerprint density at radius 2 is 2.00 bits per heavy atom. The molecule has 0 radical (unpaired) electrons. The maximum absolute atomic E-state index is 13.0. The number of rotatable bonds is 1. The highest BCUT2D eigenvalue weighted by Crippen LogP contribution is 2.34. The minimum Gasteiger partial charge on any atom is -0.427 e. The van der Waals surface area contributed by atoms with E-state index in [2.05, 4.69) is 20.9 Å². The molecule has 1 aliphatic rings. The van der Waals surface area contributed by atoms with Crippen molar-refractivity contribution in [1.29, 1.82) is 0 Å². The van der Waals surface area contributed by atoms with Crippen molar-refractivity contribution in [3.8, 4) is 0 Å². The summed E-state index contributed by atoms with van der Waals surface area (Å²) in [6.07, 6.45) is 0.451. The fourth-order valence-corrected chi connectivity index (χ4v) is 2.45. The molecule has 3 nitrogen and oxygen atoms in total. The second-order valence-corrected chi connectivity index (χ2v) is 5.53. The number of hydrogen-bond donors (Lipinski definition) is 1. The van der Waals surface area contributed by atoms with Crippen molar-refractivity contribution >= 4 is 15.9 Å². The van der Waals surface area contributed by atoms with E-state index in [1.165, 1.54) is 0 Å². The summed E-state index contributed by atoms with van der Waals surface area (Å²) in [6, 6.07) is 3.39. The summed E-state index contributed by atoms with van der Waals surface area (Å²) in [5.74, 6) is -2.55. The van der Waals surface area contributed by atoms with Gasteiger partial charge in [-0.1, -0.05) is 0 Å². The van der Waals surface area contributed by atoms with Gasteiger partial charge in [-0.05, 0) is 47.8 Å². The highest BCUT2D eigenvalue weighted by atomic mass is 79.9. The number of aromatic nitrogens is 1. The minimum absolute atomic E-state index is 0.129. The molecule has 18 heavy (non-hydrogen) atoms. The summed E-state index contributed by atoms with van der Waals surface area (Å²) in [5, 5.41) is 9.86. The van der Waals surface area contributed by atoms with E-state index in [0.29, 0.717) is 28.5 Å². The number of aryl methyl sites for hydroxylation is 1. The van der Waals surface area contributed by atoms with Crippen LogP contribution in [-0.4, -0.2) is 21.9 Å². The zero-order chi connectivity index (χ0) is 13.3. The largest absolute Gasteiger partial charge is 0.427 e. The van der Waals surface area contributed by atoms with Gasteiger partial charge in [-0.25, -0.2) is 8.78 Å². The van der Waals surface area contributed by atoms with Gasteiger partial charge in [0.1, 0.15) is 0 Å². The zero-order valence-corrected chi connectivity index (χ0v) is 11.6. The smallest absolute Gasteiger partial charge is 0.248 e. The molecule has 0 spiro atoms. The standard InChI is InChI=1S/C12H15BrF2N2O/c1-8-2-3-10(13)11(17(8)18)16-9-4-6-12(14,15)7-5-9/h2-3,9,18H,4-7H2,1H3. The van der Waals surface area contributed by atoms with Crippen molar-refractivity contribution in [3.05, 3.63) is 27.8 Å². The lowest BCUT2D eigenvalue weighted by molar-refractivity contribution is -0.0377. The van der Waals surface area contributed by atoms with Gasteiger partial charge < -0.3 is 5.21 Å². The monoisotopic (exact) mass is 320 g/mol. The Morgan fingerprint density at radius 1 is 1.39 bits per heavy atom. The summed E-state index contributed by atoms with van der Waals surface area (Å²) < 4.78 is 27.7. The van der Waals surface area contributed by atoms with Gasteiger partial charge in [-0.3, -0.25) is 4.99 Å². The first-order chi connectivity index (χ1) is 8.39. The molecule has 100 valence electrons. The first-order valence-corrected chi connectivity index (χ1v) is 6.67. The van der Waals surface area contributed by atoms with Crippen molar-refractivity contribution in [1.82, 2.24) is 4.73 Å². The van der Waals surface area contributed by atoms with Gasteiger partial charge in [0.25, 0.3) is 0 Å². The molecular formula is C12H15BrF2N2O. The molecule has 0 saturated heterocycles. The molecule has 1 aromatic rings. The quantitative estimate of drug-likeness (QED) is 0.792. The SMILES string of the molecule is Cc1ccc(Br)c(=NC2CCC(F)(F)CC2)n1O. The second-order valence-electron chi connectivity index (χ2n) is 4.67. The highest BCUT2D eigenvalue weighted by molar-refractivity contribution is 9.10. The number of pyridine rings is 1. The molecule has 1 N–H and O–H groups in total. The summed E-state index contributed by atoms with van der Waals surface area (Å²) >= 11 is 3.31. The average Bonchev–Trinajstić information content (AvgIpc) is 2.32. The molecule has 1 fully saturated rings. The summed E-state index contributed by atoms with van der Waals surface area (Å²) in [7, 11) is 0. The van der Waals surface area contributed by atoms with Gasteiger partial charge in [-0.2, -0.15) is 4.73 Å². The molecule has 0 bridgehead atoms. The van der Waals surface area contributed by atoms with Crippen molar-refractivity contribution in [2.75, 3.05) is 0 Å². The van der Waals surface area contributed by atoms with Crippen LogP contribution in [-0.2, 0) is 0 Å². The number of halogens is 3. The number of nitrogens with zero attached hydrogens (tertiary/aromatic N) is 2. The molecule has 1 saturated carbocycles. The molecule has 0 aromatic carbocycles. The third-order valence-electron chi connectivity index (χ3n) is 3.21. The van der Waals surface area contributed by atoms with E-state index in [4.69, 9.17) is 0 Å². The Kier molecular flexibility index (Phi) is 3.75. The average molecular weight is 321 g/mol. The molecule has 6 heteroatoms. The summed E-state index contributed by atoms with van der Waals surface area (Å²) in [4.78, 5) is 4.38. The van der Waals surface area contributed by atoms with Crippen molar-refractivity contribution in [2.45, 2.75) is 44.6 Å². The normalized spacial score (nSPS) is 21.2. The lowest BCUT2D eigenvalue weighted by Gasteiger charge is -2.25. The molecule has 1 aliphatic carbocycles. The van der Waals surface area contributed by atoms with Gasteiger partial charge in [0, 0.05) is 12.8 Å². The van der Waals surface area contributed by atoms with Crippen molar-refractivity contribution < 1.29 is 14.0 Å². The Balaban J connectivity index is 2.27. The van der Waals surface area contributed by atoms with Crippen LogP contribution in [0.15, 0.2) is 21.6 Å². The van der Waals surface area contributed by atoms with E-state index in [0.717, 1.165) is 4.73 Å². The third kappa shape index (κ3) is 2.91. The van der Waals surface area contributed by atoms with Gasteiger partial charge in [0.05, 0.1) is 16.2 Å². The Hall–Kier alpha value is -0.910. The Bertz CT molecular complexity index is 503. The van der Waals surface area contributed by atoms with Gasteiger partial charge in [0.2, 0.25) is 5.92 Å². The molecule has 0 atom stereocenters. The van der Waals surface area contributed by atoms with E-state index < -0.39 is 5.92 Å². The lowest BCUT2D eigenvalue weighted by Crippen LogP contribution is -2.30. The van der Waals surface area contributed by atoms with Gasteiger partial charge in [0.15, 0.2) is 5.49 Å². The van der Waals surface area contributed by atoms with E-state index in [1.807, 2.05) is 0 Å². The van der Waals surface area contributed by atoms with Crippen LogP contribution < -0.4 is 5.49 Å². The van der Waals surface area contributed by atoms with Crippen LogP contribution >= 0.6 is 15.9 Å². The first-order valence-electron chi connectivity index (χ1n) is 5.88. The van der Waals surface area contributed by atoms with Crippen LogP contribution in [0.1, 0.15) is 31.4 Å². The summed E-state index contributed by atoms with van der Waals surface area (Å²) in [5.41, 5.74) is 1.04. The van der Waals surface area contributed by atoms with Crippen LogP contribution in [0.25, 0.3) is 0 Å². The summed E-state index contributed by atoms with van der Waals surface area (Å²) in [6.45, 7) is 1.75. The van der Waals surface area contributed by atoms with Crippen LogP contribution in [0.4, 0.5) is 8.78 Å². The van der Waals surface area contributed by atoms with Crippen LogP contribution in [0.3, 0.4) is 0 Å². The Labute approximate surface area is 112 Å². The first kappa shape index (κ1) is 13.5. The van der Waals surface area contributed by atoms with Gasteiger partial charge in [-0.15, -0.1) is 0 Å². The fourth-order valence-electron chi connectivity index (χ4n) is 2.05. The molecule has 1 aromatic heterocycles. The lowest BCUT2D eigenvalue weighted by atomic mass is 9.93. The molecule has 1 heterocycles. The van der Waals surface area contributed by atoms with Gasteiger partial charge >= 0.3 is 0 Å².